The molecule has 9 heteroatoms. The van der Waals surface area contributed by atoms with Gasteiger partial charge in [-0.25, -0.2) is 4.98 Å². The van der Waals surface area contributed by atoms with Crippen LogP contribution in [0, 0.1) is 6.92 Å². The quantitative estimate of drug-likeness (QED) is 0.471. The molecule has 0 atom stereocenters. The molecule has 0 unspecified atom stereocenters. The number of anilines is 1. The van der Waals surface area contributed by atoms with Crippen LogP contribution in [0.15, 0.2) is 52.6 Å². The summed E-state index contributed by atoms with van der Waals surface area (Å²) in [4.78, 5) is 33.5. The Morgan fingerprint density at radius 2 is 2.16 bits per heavy atom. The summed E-state index contributed by atoms with van der Waals surface area (Å²) in [6.07, 6.45) is 2.41. The molecule has 162 valence electrons. The average Bonchev–Trinajstić information content (AvgIpc) is 3.52. The van der Waals surface area contributed by atoms with E-state index in [9.17, 15) is 9.59 Å². The lowest BCUT2D eigenvalue weighted by Gasteiger charge is -2.10. The molecule has 0 saturated carbocycles. The van der Waals surface area contributed by atoms with Gasteiger partial charge in [-0.1, -0.05) is 18.2 Å². The lowest BCUT2D eigenvalue weighted by Crippen LogP contribution is -2.24. The summed E-state index contributed by atoms with van der Waals surface area (Å²) in [7, 11) is 0. The lowest BCUT2D eigenvalue weighted by atomic mass is 10.2. The number of rotatable bonds is 6. The Morgan fingerprint density at radius 3 is 2.97 bits per heavy atom. The fourth-order valence-electron chi connectivity index (χ4n) is 3.74. The van der Waals surface area contributed by atoms with Crippen LogP contribution in [0.1, 0.15) is 23.2 Å². The van der Waals surface area contributed by atoms with Crippen molar-refractivity contribution in [2.45, 2.75) is 26.2 Å². The average molecular weight is 448 g/mol. The molecule has 0 saturated heterocycles. The first-order chi connectivity index (χ1) is 15.6. The molecule has 1 amide bonds. The van der Waals surface area contributed by atoms with Gasteiger partial charge in [0.2, 0.25) is 5.95 Å². The van der Waals surface area contributed by atoms with Crippen LogP contribution < -0.4 is 15.6 Å². The zero-order valence-corrected chi connectivity index (χ0v) is 18.2. The minimum atomic E-state index is -0.339. The molecule has 0 spiro atoms. The van der Waals surface area contributed by atoms with Crippen molar-refractivity contribution in [1.82, 2.24) is 19.7 Å². The summed E-state index contributed by atoms with van der Waals surface area (Å²) in [5, 5.41) is 9.41. The first-order valence-electron chi connectivity index (χ1n) is 10.3. The molecule has 3 heterocycles. The van der Waals surface area contributed by atoms with Crippen LogP contribution in [0.5, 0.6) is 5.75 Å². The predicted molar refractivity (Wildman–Crippen MR) is 123 cm³/mol. The fraction of sp³-hybridized carbons (Fsp3) is 0.217. The van der Waals surface area contributed by atoms with Crippen molar-refractivity contribution < 1.29 is 9.53 Å². The summed E-state index contributed by atoms with van der Waals surface area (Å²) >= 11 is 1.54. The Hall–Kier alpha value is -3.72. The van der Waals surface area contributed by atoms with Gasteiger partial charge in [-0.2, -0.15) is 9.78 Å². The van der Waals surface area contributed by atoms with Crippen LogP contribution in [0.3, 0.4) is 0 Å². The molecular weight excluding hydrogens is 426 g/mol. The van der Waals surface area contributed by atoms with Crippen molar-refractivity contribution in [3.05, 3.63) is 75.0 Å². The molecule has 2 N–H and O–H groups in total. The van der Waals surface area contributed by atoms with E-state index in [-0.39, 0.29) is 24.0 Å². The van der Waals surface area contributed by atoms with E-state index in [0.717, 1.165) is 41.0 Å². The van der Waals surface area contributed by atoms with E-state index in [4.69, 9.17) is 4.74 Å². The number of hydrogen-bond donors (Lipinski definition) is 2. The Kier molecular flexibility index (Phi) is 5.32. The van der Waals surface area contributed by atoms with Gasteiger partial charge >= 0.3 is 0 Å². The molecule has 5 rings (SSSR count). The maximum absolute atomic E-state index is 12.6. The molecular formula is C23H21N5O3S. The SMILES string of the molecule is Cc1cccc(OCC(=O)Nc2cc(-c3cccs3)nn2-c2nc3c(c(=O)[nH]2)CCC3)c1. The molecule has 1 aliphatic carbocycles. The van der Waals surface area contributed by atoms with Crippen molar-refractivity contribution in [2.75, 3.05) is 11.9 Å². The van der Waals surface area contributed by atoms with Gasteiger partial charge in [-0.3, -0.25) is 14.6 Å². The molecule has 0 aliphatic heterocycles. The molecule has 1 aromatic carbocycles. The fourth-order valence-corrected chi connectivity index (χ4v) is 4.42. The van der Waals surface area contributed by atoms with Gasteiger partial charge in [0.15, 0.2) is 6.61 Å². The number of carbonyl (C=O) groups is 1. The largest absolute Gasteiger partial charge is 0.484 e. The predicted octanol–water partition coefficient (Wildman–Crippen LogP) is 3.50. The number of nitrogens with one attached hydrogen (secondary N) is 2. The Labute approximate surface area is 187 Å². The van der Waals surface area contributed by atoms with E-state index in [1.54, 1.807) is 12.1 Å². The van der Waals surface area contributed by atoms with E-state index in [2.05, 4.69) is 20.4 Å². The number of amides is 1. The summed E-state index contributed by atoms with van der Waals surface area (Å²) in [5.41, 5.74) is 3.09. The number of ether oxygens (including phenoxy) is 1. The number of nitrogens with zero attached hydrogens (tertiary/aromatic N) is 3. The van der Waals surface area contributed by atoms with Gasteiger partial charge < -0.3 is 10.1 Å². The number of aromatic nitrogens is 4. The number of thiophene rings is 1. The lowest BCUT2D eigenvalue weighted by molar-refractivity contribution is -0.118. The number of hydrogen-bond acceptors (Lipinski definition) is 6. The zero-order chi connectivity index (χ0) is 22.1. The third kappa shape index (κ3) is 4.06. The normalized spacial score (nSPS) is 12.5. The smallest absolute Gasteiger partial charge is 0.263 e. The number of H-pyrrole nitrogens is 1. The number of aromatic amines is 1. The minimum Gasteiger partial charge on any atom is -0.484 e. The van der Waals surface area contributed by atoms with Gasteiger partial charge in [0, 0.05) is 11.6 Å². The Morgan fingerprint density at radius 1 is 1.25 bits per heavy atom. The standard InChI is InChI=1S/C23H21N5O3S/c1-14-5-2-6-15(11-14)31-13-21(29)25-20-12-18(19-9-4-10-32-19)27-28(20)23-24-17-8-3-7-16(17)22(30)26-23/h2,4-6,9-12H,3,7-8,13H2,1H3,(H,25,29)(H,24,26,30). The second kappa shape index (κ2) is 8.43. The topological polar surface area (TPSA) is 102 Å². The minimum absolute atomic E-state index is 0.156. The molecule has 3 aromatic heterocycles. The molecule has 32 heavy (non-hydrogen) atoms. The molecule has 0 fully saturated rings. The highest BCUT2D eigenvalue weighted by molar-refractivity contribution is 7.13. The van der Waals surface area contributed by atoms with E-state index >= 15 is 0 Å². The van der Waals surface area contributed by atoms with Crippen LogP contribution in [0.25, 0.3) is 16.5 Å². The van der Waals surface area contributed by atoms with Gasteiger partial charge in [0.1, 0.15) is 17.3 Å². The summed E-state index contributed by atoms with van der Waals surface area (Å²) in [6, 6.07) is 13.2. The van der Waals surface area contributed by atoms with E-state index in [1.807, 2.05) is 42.6 Å². The summed E-state index contributed by atoms with van der Waals surface area (Å²) in [5.74, 6) is 0.979. The molecule has 0 bridgehead atoms. The molecule has 8 nitrogen and oxygen atoms in total. The molecule has 4 aromatic rings. The maximum Gasteiger partial charge on any atom is 0.263 e. The van der Waals surface area contributed by atoms with Crippen molar-refractivity contribution in [1.29, 1.82) is 0 Å². The van der Waals surface area contributed by atoms with E-state index in [0.29, 0.717) is 17.3 Å². The number of benzene rings is 1. The number of aryl methyl sites for hydroxylation is 2. The van der Waals surface area contributed by atoms with Crippen LogP contribution in [-0.2, 0) is 17.6 Å². The van der Waals surface area contributed by atoms with Crippen molar-refractivity contribution in [3.63, 3.8) is 0 Å². The van der Waals surface area contributed by atoms with Gasteiger partial charge in [-0.05, 0) is 55.3 Å². The van der Waals surface area contributed by atoms with Crippen molar-refractivity contribution in [3.8, 4) is 22.3 Å². The van der Waals surface area contributed by atoms with Crippen molar-refractivity contribution >= 4 is 23.1 Å². The van der Waals surface area contributed by atoms with Crippen LogP contribution in [-0.4, -0.2) is 32.3 Å². The Balaban J connectivity index is 1.44. The van der Waals surface area contributed by atoms with Crippen molar-refractivity contribution in [2.24, 2.45) is 0 Å². The third-order valence-corrected chi connectivity index (χ3v) is 6.13. The first-order valence-corrected chi connectivity index (χ1v) is 11.2. The van der Waals surface area contributed by atoms with E-state index < -0.39 is 0 Å². The van der Waals surface area contributed by atoms with Crippen LogP contribution in [0.4, 0.5) is 5.82 Å². The highest BCUT2D eigenvalue weighted by atomic mass is 32.1. The van der Waals surface area contributed by atoms with Gasteiger partial charge in [-0.15, -0.1) is 11.3 Å². The van der Waals surface area contributed by atoms with E-state index in [1.165, 1.54) is 16.0 Å². The van der Waals surface area contributed by atoms with Crippen LogP contribution >= 0.6 is 11.3 Å². The third-order valence-electron chi connectivity index (χ3n) is 5.24. The van der Waals surface area contributed by atoms with Crippen LogP contribution in [0.2, 0.25) is 0 Å². The summed E-state index contributed by atoms with van der Waals surface area (Å²) in [6.45, 7) is 1.80. The van der Waals surface area contributed by atoms with Gasteiger partial charge in [0.25, 0.3) is 11.5 Å². The monoisotopic (exact) mass is 447 g/mol. The second-order valence-electron chi connectivity index (χ2n) is 7.63. The highest BCUT2D eigenvalue weighted by Gasteiger charge is 2.21. The number of carbonyl (C=O) groups excluding carboxylic acids is 1. The highest BCUT2D eigenvalue weighted by Crippen LogP contribution is 2.28. The summed E-state index contributed by atoms with van der Waals surface area (Å²) < 4.78 is 7.08. The first kappa shape index (κ1) is 20.2. The van der Waals surface area contributed by atoms with Gasteiger partial charge in [0.05, 0.1) is 10.6 Å². The number of fused-ring (bicyclic) bond motifs is 1. The maximum atomic E-state index is 12.6. The molecule has 0 radical (unpaired) electrons. The Bertz CT molecular complexity index is 1340. The molecule has 1 aliphatic rings. The zero-order valence-electron chi connectivity index (χ0n) is 17.4. The second-order valence-corrected chi connectivity index (χ2v) is 8.57.